The van der Waals surface area contributed by atoms with Gasteiger partial charge in [0.15, 0.2) is 0 Å². The molecule has 1 aromatic carbocycles. The fraction of sp³-hybridized carbons (Fsp3) is 0.350. The second kappa shape index (κ2) is 6.88. The first-order valence-corrected chi connectivity index (χ1v) is 8.99. The average Bonchev–Trinajstić information content (AvgIpc) is 3.05. The van der Waals surface area contributed by atoms with Crippen LogP contribution in [-0.2, 0) is 0 Å². The van der Waals surface area contributed by atoms with Crippen molar-refractivity contribution in [3.63, 3.8) is 0 Å². The third-order valence-electron chi connectivity index (χ3n) is 4.76. The highest BCUT2D eigenvalue weighted by Gasteiger charge is 2.17. The van der Waals surface area contributed by atoms with Gasteiger partial charge >= 0.3 is 0 Å². The Kier molecular flexibility index (Phi) is 4.42. The summed E-state index contributed by atoms with van der Waals surface area (Å²) in [6.45, 7) is 8.28. The molecular weight excluding hydrogens is 324 g/mol. The second-order valence-corrected chi connectivity index (χ2v) is 7.15. The highest BCUT2D eigenvalue weighted by molar-refractivity contribution is 5.93. The molecule has 0 unspecified atom stereocenters. The lowest BCUT2D eigenvalue weighted by atomic mass is 10.1. The highest BCUT2D eigenvalue weighted by atomic mass is 15.3. The summed E-state index contributed by atoms with van der Waals surface area (Å²) in [5.74, 6) is 0.972. The molecule has 1 saturated heterocycles. The molecule has 2 aromatic heterocycles. The van der Waals surface area contributed by atoms with Crippen LogP contribution in [-0.4, -0.2) is 58.3 Å². The minimum absolute atomic E-state index is 0.856. The number of anilines is 1. The van der Waals surface area contributed by atoms with Crippen molar-refractivity contribution in [3.8, 4) is 11.4 Å². The predicted octanol–water partition coefficient (Wildman–Crippen LogP) is 3.19. The lowest BCUT2D eigenvalue weighted by molar-refractivity contribution is 0.312. The Balaban J connectivity index is 1.71. The first-order chi connectivity index (χ1) is 12.6. The van der Waals surface area contributed by atoms with Crippen molar-refractivity contribution in [1.82, 2.24) is 25.1 Å². The molecule has 0 saturated carbocycles. The number of hydrogen-bond acceptors (Lipinski definition) is 5. The van der Waals surface area contributed by atoms with Crippen molar-refractivity contribution in [2.45, 2.75) is 13.8 Å². The second-order valence-electron chi connectivity index (χ2n) is 7.15. The third kappa shape index (κ3) is 3.32. The summed E-state index contributed by atoms with van der Waals surface area (Å²) in [7, 11) is 2.16. The van der Waals surface area contributed by atoms with Crippen LogP contribution in [0.15, 0.2) is 36.2 Å². The Morgan fingerprint density at radius 2 is 1.88 bits per heavy atom. The number of hydrogen-bond donors (Lipinski definition) is 1. The number of likely N-dealkylation sites (N-methyl/N-ethyl adjacent to an activating group) is 1. The molecule has 3 heterocycles. The molecule has 1 aliphatic rings. The van der Waals surface area contributed by atoms with E-state index in [4.69, 9.17) is 0 Å². The molecule has 3 aromatic rings. The summed E-state index contributed by atoms with van der Waals surface area (Å²) in [5, 5.41) is 8.73. The maximum absolute atomic E-state index is 4.52. The van der Waals surface area contributed by atoms with Gasteiger partial charge in [-0.1, -0.05) is 17.7 Å². The molecule has 134 valence electrons. The molecule has 0 atom stereocenters. The van der Waals surface area contributed by atoms with Crippen LogP contribution in [0.4, 0.5) is 5.82 Å². The van der Waals surface area contributed by atoms with Crippen LogP contribution in [0.1, 0.15) is 19.4 Å². The fourth-order valence-corrected chi connectivity index (χ4v) is 3.34. The van der Waals surface area contributed by atoms with E-state index >= 15 is 0 Å². The van der Waals surface area contributed by atoms with Crippen molar-refractivity contribution in [1.29, 1.82) is 0 Å². The molecule has 0 aliphatic carbocycles. The zero-order valence-electron chi connectivity index (χ0n) is 15.5. The van der Waals surface area contributed by atoms with E-state index in [0.717, 1.165) is 54.3 Å². The summed E-state index contributed by atoms with van der Waals surface area (Å²) < 4.78 is 0. The molecule has 6 heteroatoms. The van der Waals surface area contributed by atoms with Crippen LogP contribution < -0.4 is 4.90 Å². The quantitative estimate of drug-likeness (QED) is 0.788. The van der Waals surface area contributed by atoms with Gasteiger partial charge in [0.1, 0.15) is 17.8 Å². The van der Waals surface area contributed by atoms with Crippen molar-refractivity contribution in [3.05, 3.63) is 41.7 Å². The zero-order chi connectivity index (χ0) is 18.1. The van der Waals surface area contributed by atoms with E-state index in [0.29, 0.717) is 0 Å². The van der Waals surface area contributed by atoms with Crippen LogP contribution in [0.2, 0.25) is 0 Å². The molecule has 0 bridgehead atoms. The zero-order valence-corrected chi connectivity index (χ0v) is 15.5. The summed E-state index contributed by atoms with van der Waals surface area (Å²) in [6.07, 6.45) is 3.81. The van der Waals surface area contributed by atoms with Gasteiger partial charge in [0.25, 0.3) is 0 Å². The number of fused-ring (bicyclic) bond motifs is 1. The van der Waals surface area contributed by atoms with Gasteiger partial charge in [-0.05, 0) is 38.6 Å². The van der Waals surface area contributed by atoms with Crippen molar-refractivity contribution in [2.24, 2.45) is 0 Å². The molecule has 6 nitrogen and oxygen atoms in total. The lowest BCUT2D eigenvalue weighted by Gasteiger charge is -2.33. The fourth-order valence-electron chi connectivity index (χ4n) is 3.34. The average molecular weight is 348 g/mol. The Labute approximate surface area is 153 Å². The van der Waals surface area contributed by atoms with Crippen molar-refractivity contribution < 1.29 is 0 Å². The van der Waals surface area contributed by atoms with Crippen LogP contribution in [0.5, 0.6) is 0 Å². The number of rotatable bonds is 3. The number of benzene rings is 1. The van der Waals surface area contributed by atoms with Gasteiger partial charge in [0, 0.05) is 37.6 Å². The van der Waals surface area contributed by atoms with Gasteiger partial charge in [0.05, 0.1) is 11.2 Å². The van der Waals surface area contributed by atoms with E-state index in [1.165, 1.54) is 11.1 Å². The van der Waals surface area contributed by atoms with Gasteiger partial charge in [-0.2, -0.15) is 5.10 Å². The summed E-state index contributed by atoms with van der Waals surface area (Å²) in [4.78, 5) is 13.6. The molecule has 1 aliphatic heterocycles. The van der Waals surface area contributed by atoms with Gasteiger partial charge in [-0.25, -0.2) is 9.97 Å². The highest BCUT2D eigenvalue weighted by Crippen LogP contribution is 2.28. The van der Waals surface area contributed by atoms with Gasteiger partial charge in [-0.15, -0.1) is 0 Å². The SMILES string of the molecule is CC(C)=Cc1ccc2[nH]nc(-c3cc(N4CCN(C)CC4)ncn3)c2c1. The Hall–Kier alpha value is -2.73. The standard InChI is InChI=1S/C20H24N6/c1-14(2)10-15-4-5-17-16(11-15)20(24-23-17)18-12-19(22-13-21-18)26-8-6-25(3)7-9-26/h4-5,10-13H,6-9H2,1-3H3,(H,23,24). The van der Waals surface area contributed by atoms with E-state index in [2.05, 4.69) is 81.2 Å². The largest absolute Gasteiger partial charge is 0.354 e. The Morgan fingerprint density at radius 3 is 2.65 bits per heavy atom. The number of H-pyrrole nitrogens is 1. The molecule has 1 N–H and O–H groups in total. The molecule has 26 heavy (non-hydrogen) atoms. The van der Waals surface area contributed by atoms with Crippen LogP contribution in [0, 0.1) is 0 Å². The number of aromatic nitrogens is 4. The topological polar surface area (TPSA) is 60.9 Å². The van der Waals surface area contributed by atoms with Gasteiger partial charge in [0.2, 0.25) is 0 Å². The normalized spacial score (nSPS) is 15.4. The smallest absolute Gasteiger partial charge is 0.132 e. The summed E-state index contributed by atoms with van der Waals surface area (Å²) in [5.41, 5.74) is 5.20. The molecule has 0 spiro atoms. The maximum Gasteiger partial charge on any atom is 0.132 e. The van der Waals surface area contributed by atoms with E-state index in [9.17, 15) is 0 Å². The minimum Gasteiger partial charge on any atom is -0.354 e. The van der Waals surface area contributed by atoms with Crippen LogP contribution in [0.25, 0.3) is 28.4 Å². The summed E-state index contributed by atoms with van der Waals surface area (Å²) in [6, 6.07) is 8.39. The van der Waals surface area contributed by atoms with Gasteiger partial charge < -0.3 is 9.80 Å². The number of nitrogens with zero attached hydrogens (tertiary/aromatic N) is 5. The molecule has 0 amide bonds. The summed E-state index contributed by atoms with van der Waals surface area (Å²) >= 11 is 0. The minimum atomic E-state index is 0.856. The van der Waals surface area contributed by atoms with E-state index in [-0.39, 0.29) is 0 Å². The van der Waals surface area contributed by atoms with Crippen LogP contribution in [0.3, 0.4) is 0 Å². The van der Waals surface area contributed by atoms with Crippen LogP contribution >= 0.6 is 0 Å². The molecule has 4 rings (SSSR count). The third-order valence-corrected chi connectivity index (χ3v) is 4.76. The number of aromatic amines is 1. The van der Waals surface area contributed by atoms with Gasteiger partial charge in [-0.3, -0.25) is 5.10 Å². The van der Waals surface area contributed by atoms with E-state index in [1.54, 1.807) is 6.33 Å². The molecular formula is C20H24N6. The first kappa shape index (κ1) is 16.7. The number of allylic oxidation sites excluding steroid dienone is 1. The predicted molar refractivity (Wildman–Crippen MR) is 106 cm³/mol. The first-order valence-electron chi connectivity index (χ1n) is 8.99. The number of piperazine rings is 1. The maximum atomic E-state index is 4.52. The Morgan fingerprint density at radius 1 is 1.08 bits per heavy atom. The van der Waals surface area contributed by atoms with Crippen molar-refractivity contribution >= 4 is 22.8 Å². The van der Waals surface area contributed by atoms with E-state index in [1.807, 2.05) is 0 Å². The number of nitrogens with one attached hydrogen (secondary N) is 1. The monoisotopic (exact) mass is 348 g/mol. The molecule has 1 fully saturated rings. The van der Waals surface area contributed by atoms with Crippen molar-refractivity contribution in [2.75, 3.05) is 38.1 Å². The lowest BCUT2D eigenvalue weighted by Crippen LogP contribution is -2.44. The van der Waals surface area contributed by atoms with E-state index < -0.39 is 0 Å². The molecule has 0 radical (unpaired) electrons. The Bertz CT molecular complexity index is 946.